The molecule has 0 aliphatic carbocycles. The van der Waals surface area contributed by atoms with E-state index in [0.29, 0.717) is 16.4 Å². The predicted molar refractivity (Wildman–Crippen MR) is 82.1 cm³/mol. The van der Waals surface area contributed by atoms with E-state index in [1.165, 1.54) is 19.2 Å². The zero-order valence-electron chi connectivity index (χ0n) is 11.9. The Bertz CT molecular complexity index is 1040. The Labute approximate surface area is 130 Å². The van der Waals surface area contributed by atoms with Crippen molar-refractivity contribution in [2.45, 2.75) is 0 Å². The number of carbonyl (C=O) groups is 1. The lowest BCUT2D eigenvalue weighted by molar-refractivity contribution is 0.0701. The van der Waals surface area contributed by atoms with Crippen molar-refractivity contribution in [1.82, 2.24) is 4.40 Å². The number of fused-ring (bicyclic) bond motifs is 3. The van der Waals surface area contributed by atoms with Gasteiger partial charge in [0.05, 0.1) is 29.1 Å². The molecule has 2 aromatic heterocycles. The molecule has 23 heavy (non-hydrogen) atoms. The number of aromatic carboxylic acids is 1. The number of carboxylic acid groups (broad SMARTS) is 1. The fourth-order valence-electron chi connectivity index (χ4n) is 2.56. The van der Waals surface area contributed by atoms with Gasteiger partial charge in [-0.2, -0.15) is 13.6 Å². The van der Waals surface area contributed by atoms with Gasteiger partial charge >= 0.3 is 16.3 Å². The first kappa shape index (κ1) is 15.1. The van der Waals surface area contributed by atoms with Gasteiger partial charge in [0.1, 0.15) is 11.5 Å². The molecule has 1 aromatic carbocycles. The number of carboxylic acids is 1. The molecule has 3 rings (SSSR count). The lowest BCUT2D eigenvalue weighted by atomic mass is 10.1. The van der Waals surface area contributed by atoms with E-state index in [0.717, 1.165) is 0 Å². The fraction of sp³-hybridized carbons (Fsp3) is 0.0714. The molecule has 0 saturated heterocycles. The van der Waals surface area contributed by atoms with E-state index in [2.05, 4.69) is 4.18 Å². The van der Waals surface area contributed by atoms with Crippen molar-refractivity contribution >= 4 is 32.7 Å². The Kier molecular flexibility index (Phi) is 3.38. The molecule has 0 radical (unpaired) electrons. The summed E-state index contributed by atoms with van der Waals surface area (Å²) in [5.41, 5.74) is 0.927. The highest BCUT2D eigenvalue weighted by molar-refractivity contribution is 7.84. The normalized spacial score (nSPS) is 11.7. The molecule has 0 fully saturated rings. The van der Waals surface area contributed by atoms with Crippen LogP contribution in [0, 0.1) is 0 Å². The summed E-state index contributed by atoms with van der Waals surface area (Å²) in [4.78, 5) is 11.7. The number of nitrogens with two attached hydrogens (primary N) is 1. The highest BCUT2D eigenvalue weighted by atomic mass is 32.2. The molecular weight excluding hydrogens is 324 g/mol. The van der Waals surface area contributed by atoms with Gasteiger partial charge in [0.2, 0.25) is 0 Å². The lowest BCUT2D eigenvalue weighted by Gasteiger charge is -2.07. The summed E-state index contributed by atoms with van der Waals surface area (Å²) in [6.45, 7) is 0. The standard InChI is InChI=1S/C14H12N2O6S/c1-21-11-7-8(22-23(15,19)20)6-10-12(11)13(14(17)18)9-4-2-3-5-16(9)10/h2-7H,1H3,(H,17,18)(H2,15,19,20). The summed E-state index contributed by atoms with van der Waals surface area (Å²) in [6.07, 6.45) is 1.66. The van der Waals surface area contributed by atoms with E-state index in [9.17, 15) is 18.3 Å². The van der Waals surface area contributed by atoms with Crippen molar-refractivity contribution in [1.29, 1.82) is 0 Å². The Morgan fingerprint density at radius 3 is 2.61 bits per heavy atom. The molecule has 120 valence electrons. The maximum absolute atomic E-state index is 11.7. The number of pyridine rings is 1. The minimum absolute atomic E-state index is 0.0552. The molecule has 0 aliphatic rings. The molecule has 8 nitrogen and oxygen atoms in total. The van der Waals surface area contributed by atoms with E-state index >= 15 is 0 Å². The van der Waals surface area contributed by atoms with E-state index < -0.39 is 16.3 Å². The largest absolute Gasteiger partial charge is 0.496 e. The average molecular weight is 336 g/mol. The number of aromatic nitrogens is 1. The molecule has 2 heterocycles. The second-order valence-corrected chi connectivity index (χ2v) is 5.88. The SMILES string of the molecule is COc1cc(OS(N)(=O)=O)cc2c1c(C(=O)O)c1ccccn12. The fourth-order valence-corrected chi connectivity index (χ4v) is 2.93. The van der Waals surface area contributed by atoms with E-state index in [1.807, 2.05) is 0 Å². The van der Waals surface area contributed by atoms with E-state index in [4.69, 9.17) is 9.88 Å². The van der Waals surface area contributed by atoms with Gasteiger partial charge in [-0.3, -0.25) is 0 Å². The first-order valence-corrected chi connectivity index (χ1v) is 7.85. The highest BCUT2D eigenvalue weighted by Gasteiger charge is 2.22. The third-order valence-electron chi connectivity index (χ3n) is 3.33. The Morgan fingerprint density at radius 1 is 1.26 bits per heavy atom. The van der Waals surface area contributed by atoms with Crippen LogP contribution in [0.1, 0.15) is 10.4 Å². The number of hydrogen-bond donors (Lipinski definition) is 2. The minimum atomic E-state index is -4.21. The first-order valence-electron chi connectivity index (χ1n) is 6.38. The van der Waals surface area contributed by atoms with Gasteiger partial charge in [0, 0.05) is 18.3 Å². The van der Waals surface area contributed by atoms with Crippen LogP contribution in [-0.2, 0) is 10.3 Å². The number of methoxy groups -OCH3 is 1. The van der Waals surface area contributed by atoms with Gasteiger partial charge < -0.3 is 18.4 Å². The molecular formula is C14H12N2O6S. The summed E-state index contributed by atoms with van der Waals surface area (Å²) in [5.74, 6) is -1.03. The summed E-state index contributed by atoms with van der Waals surface area (Å²) in [7, 11) is -2.86. The second kappa shape index (κ2) is 5.14. The van der Waals surface area contributed by atoms with Crippen LogP contribution < -0.4 is 14.1 Å². The lowest BCUT2D eigenvalue weighted by Crippen LogP contribution is -2.19. The van der Waals surface area contributed by atoms with Crippen molar-refractivity contribution in [3.05, 3.63) is 42.1 Å². The summed E-state index contributed by atoms with van der Waals surface area (Å²) < 4.78 is 33.8. The van der Waals surface area contributed by atoms with Gasteiger partial charge in [-0.25, -0.2) is 4.79 Å². The zero-order valence-corrected chi connectivity index (χ0v) is 12.7. The van der Waals surface area contributed by atoms with Crippen LogP contribution in [0.2, 0.25) is 0 Å². The van der Waals surface area contributed by atoms with Crippen LogP contribution in [0.3, 0.4) is 0 Å². The van der Waals surface area contributed by atoms with Crippen LogP contribution in [0.4, 0.5) is 0 Å². The number of nitrogens with zero attached hydrogens (tertiary/aromatic N) is 1. The highest BCUT2D eigenvalue weighted by Crippen LogP contribution is 2.37. The molecule has 9 heteroatoms. The molecule has 3 N–H and O–H groups in total. The number of rotatable bonds is 4. The van der Waals surface area contributed by atoms with Gasteiger partial charge in [-0.05, 0) is 12.1 Å². The Balaban J connectivity index is 2.46. The van der Waals surface area contributed by atoms with Crippen molar-refractivity contribution in [3.8, 4) is 11.5 Å². The number of benzene rings is 1. The van der Waals surface area contributed by atoms with Crippen molar-refractivity contribution in [3.63, 3.8) is 0 Å². The van der Waals surface area contributed by atoms with Gasteiger partial charge in [0.15, 0.2) is 0 Å². The minimum Gasteiger partial charge on any atom is -0.496 e. The van der Waals surface area contributed by atoms with Crippen molar-refractivity contribution in [2.75, 3.05) is 7.11 Å². The molecule has 0 saturated carbocycles. The second-order valence-electron chi connectivity index (χ2n) is 4.73. The van der Waals surface area contributed by atoms with Crippen LogP contribution in [-0.4, -0.2) is 31.0 Å². The molecule has 3 aromatic rings. The monoisotopic (exact) mass is 336 g/mol. The molecule has 0 unspecified atom stereocenters. The van der Waals surface area contributed by atoms with Gasteiger partial charge in [-0.1, -0.05) is 6.07 Å². The van der Waals surface area contributed by atoms with Gasteiger partial charge in [0.25, 0.3) is 0 Å². The van der Waals surface area contributed by atoms with Gasteiger partial charge in [-0.15, -0.1) is 0 Å². The van der Waals surface area contributed by atoms with Crippen LogP contribution in [0.25, 0.3) is 16.4 Å². The summed E-state index contributed by atoms with van der Waals surface area (Å²) in [5, 5.41) is 14.7. The summed E-state index contributed by atoms with van der Waals surface area (Å²) in [6, 6.07) is 7.73. The number of ether oxygens (including phenoxy) is 1. The van der Waals surface area contributed by atoms with Crippen LogP contribution in [0.5, 0.6) is 11.5 Å². The van der Waals surface area contributed by atoms with Crippen LogP contribution >= 0.6 is 0 Å². The molecule has 0 atom stereocenters. The first-order chi connectivity index (χ1) is 10.8. The third-order valence-corrected chi connectivity index (χ3v) is 3.75. The zero-order chi connectivity index (χ0) is 16.8. The maximum Gasteiger partial charge on any atom is 0.380 e. The van der Waals surface area contributed by atoms with E-state index in [1.54, 1.807) is 28.8 Å². The molecule has 0 bridgehead atoms. The predicted octanol–water partition coefficient (Wildman–Crippen LogP) is 1.38. The quantitative estimate of drug-likeness (QED) is 0.742. The van der Waals surface area contributed by atoms with Crippen LogP contribution in [0.15, 0.2) is 36.5 Å². The Hall–Kier alpha value is -2.78. The van der Waals surface area contributed by atoms with E-state index in [-0.39, 0.29) is 17.1 Å². The number of hydrogen-bond acceptors (Lipinski definition) is 5. The Morgan fingerprint density at radius 2 is 2.00 bits per heavy atom. The third kappa shape index (κ3) is 2.56. The maximum atomic E-state index is 11.7. The molecule has 0 spiro atoms. The molecule has 0 amide bonds. The molecule has 0 aliphatic heterocycles. The summed E-state index contributed by atoms with van der Waals surface area (Å²) >= 11 is 0. The average Bonchev–Trinajstić information content (AvgIpc) is 2.79. The van der Waals surface area contributed by atoms with Crippen molar-refractivity contribution in [2.24, 2.45) is 5.14 Å². The van der Waals surface area contributed by atoms with Crippen molar-refractivity contribution < 1.29 is 27.2 Å². The smallest absolute Gasteiger partial charge is 0.380 e. The topological polar surface area (TPSA) is 120 Å².